The average Bonchev–Trinajstić information content (AvgIpc) is 3.18. The first kappa shape index (κ1) is 53.6. The number of allylic oxidation sites excluding steroid dienone is 2. The molecule has 0 aromatic carbocycles. The number of ether oxygens (including phenoxy) is 10. The third-order valence-corrected chi connectivity index (χ3v) is 11.5. The molecular formula is C45H71NO17. The summed E-state index contributed by atoms with van der Waals surface area (Å²) in [5.74, 6) is -4.06. The molecule has 0 amide bonds. The lowest BCUT2D eigenvalue weighted by Gasteiger charge is -2.50. The molecule has 0 spiro atoms. The molecule has 0 bridgehead atoms. The minimum atomic E-state index is -1.45. The highest BCUT2D eigenvalue weighted by Crippen LogP contribution is 2.39. The van der Waals surface area contributed by atoms with E-state index in [9.17, 15) is 33.9 Å². The molecule has 1 N–H and O–H groups in total. The molecule has 63 heavy (non-hydrogen) atoms. The highest BCUT2D eigenvalue weighted by atomic mass is 16.7. The molecule has 358 valence electrons. The predicted molar refractivity (Wildman–Crippen MR) is 224 cm³/mol. The lowest BCUT2D eigenvalue weighted by Crippen LogP contribution is -2.66. The summed E-state index contributed by atoms with van der Waals surface area (Å²) in [5, 5.41) is 12.2. The van der Waals surface area contributed by atoms with Crippen LogP contribution in [0.4, 0.5) is 0 Å². The zero-order chi connectivity index (χ0) is 47.2. The van der Waals surface area contributed by atoms with Crippen LogP contribution in [0.2, 0.25) is 0 Å². The Kier molecular flexibility index (Phi) is 21.3. The van der Waals surface area contributed by atoms with Crippen molar-refractivity contribution in [3.8, 4) is 0 Å². The Balaban J connectivity index is 2.09. The molecule has 0 saturated carbocycles. The highest BCUT2D eigenvalue weighted by molar-refractivity contribution is 5.73. The van der Waals surface area contributed by atoms with Gasteiger partial charge in [-0.05, 0) is 66.1 Å². The van der Waals surface area contributed by atoms with E-state index in [0.717, 1.165) is 0 Å². The van der Waals surface area contributed by atoms with Gasteiger partial charge in [0.2, 0.25) is 0 Å². The predicted octanol–water partition coefficient (Wildman–Crippen LogP) is 3.91. The molecule has 2 fully saturated rings. The van der Waals surface area contributed by atoms with E-state index in [2.05, 4.69) is 0 Å². The molecule has 0 radical (unpaired) electrons. The van der Waals surface area contributed by atoms with Gasteiger partial charge in [-0.25, -0.2) is 0 Å². The van der Waals surface area contributed by atoms with Crippen LogP contribution in [0.3, 0.4) is 0 Å². The van der Waals surface area contributed by atoms with Crippen molar-refractivity contribution >= 4 is 36.1 Å². The minimum Gasteiger partial charge on any atom is -0.462 e. The molecule has 3 aliphatic heterocycles. The van der Waals surface area contributed by atoms with Crippen molar-refractivity contribution in [3.05, 3.63) is 24.3 Å². The maximum atomic E-state index is 13.4. The summed E-state index contributed by atoms with van der Waals surface area (Å²) in [7, 11) is 4.82. The van der Waals surface area contributed by atoms with Crippen molar-refractivity contribution in [1.82, 2.24) is 4.90 Å². The van der Waals surface area contributed by atoms with Crippen LogP contribution in [0.15, 0.2) is 24.3 Å². The Morgan fingerprint density at radius 3 is 2.16 bits per heavy atom. The summed E-state index contributed by atoms with van der Waals surface area (Å²) >= 11 is 0. The van der Waals surface area contributed by atoms with E-state index in [-0.39, 0.29) is 32.1 Å². The molecule has 3 heterocycles. The lowest BCUT2D eigenvalue weighted by atomic mass is 9.82. The summed E-state index contributed by atoms with van der Waals surface area (Å²) < 4.78 is 60.7. The van der Waals surface area contributed by atoms with E-state index in [4.69, 9.17) is 47.4 Å². The van der Waals surface area contributed by atoms with Gasteiger partial charge in [-0.15, -0.1) is 0 Å². The molecule has 3 unspecified atom stereocenters. The van der Waals surface area contributed by atoms with Crippen LogP contribution in [0.25, 0.3) is 0 Å². The van der Waals surface area contributed by atoms with E-state index in [0.29, 0.717) is 12.7 Å². The van der Waals surface area contributed by atoms with Crippen molar-refractivity contribution in [2.75, 3.05) is 21.2 Å². The van der Waals surface area contributed by atoms with Crippen LogP contribution in [0.5, 0.6) is 0 Å². The van der Waals surface area contributed by atoms with Crippen LogP contribution >= 0.6 is 0 Å². The molecule has 16 atom stereocenters. The Morgan fingerprint density at radius 1 is 0.905 bits per heavy atom. The van der Waals surface area contributed by atoms with E-state index < -0.39 is 133 Å². The average molecular weight is 898 g/mol. The molecule has 0 aromatic heterocycles. The van der Waals surface area contributed by atoms with Gasteiger partial charge in [0.15, 0.2) is 24.3 Å². The number of carbonyl (C=O) groups excluding carboxylic acids is 6. The standard InChI is InChI=1S/C45H71NO17/c1-13-34(50)59-33-23-36(52)55-26(4)18-16-15-17-19-32(58-29(7)48)25(3)22-31(20-21-47)41(42(33)54-12)62-44-39(53)38(46(10)11)40(27(5)57-44)61-37-24-45(9,63-30(8)49)43(28(6)56-37)60-35(51)14-2/h15-17,19,21,25-28,31-33,37-44,53H,13-14,18,20,22-24H2,1-12H3/b16-15+,19-17-/t25-,26-,27-,28+,31?,32?,33?,37+,38-,39-,40-,41+,42+,43+,44+,45-/m1/s1. The number of methoxy groups -OCH3 is 1. The van der Waals surface area contributed by atoms with Gasteiger partial charge in [0.05, 0.1) is 30.8 Å². The fourth-order valence-electron chi connectivity index (χ4n) is 8.57. The Labute approximate surface area is 371 Å². The number of aldehydes is 1. The van der Waals surface area contributed by atoms with Crippen molar-refractivity contribution in [3.63, 3.8) is 0 Å². The van der Waals surface area contributed by atoms with E-state index >= 15 is 0 Å². The molecule has 0 aliphatic carbocycles. The molecule has 2 saturated heterocycles. The fourth-order valence-corrected chi connectivity index (χ4v) is 8.57. The first-order valence-electron chi connectivity index (χ1n) is 21.9. The number of nitrogens with zero attached hydrogens (tertiary/aromatic N) is 1. The van der Waals surface area contributed by atoms with Crippen LogP contribution < -0.4 is 0 Å². The summed E-state index contributed by atoms with van der Waals surface area (Å²) in [6.07, 6.45) is -4.48. The smallest absolute Gasteiger partial charge is 0.309 e. The largest absolute Gasteiger partial charge is 0.462 e. The summed E-state index contributed by atoms with van der Waals surface area (Å²) in [4.78, 5) is 77.6. The lowest BCUT2D eigenvalue weighted by molar-refractivity contribution is -0.344. The third-order valence-electron chi connectivity index (χ3n) is 11.5. The van der Waals surface area contributed by atoms with Crippen LogP contribution in [-0.2, 0) is 76.1 Å². The summed E-state index contributed by atoms with van der Waals surface area (Å²) in [6, 6.07) is -0.833. The Morgan fingerprint density at radius 2 is 1.57 bits per heavy atom. The van der Waals surface area contributed by atoms with Gasteiger partial charge in [0, 0.05) is 53.1 Å². The van der Waals surface area contributed by atoms with Gasteiger partial charge in [-0.1, -0.05) is 39.0 Å². The number of cyclic esters (lactones) is 1. The Hall–Kier alpha value is -3.78. The molecule has 18 nitrogen and oxygen atoms in total. The van der Waals surface area contributed by atoms with Crippen molar-refractivity contribution in [2.45, 2.75) is 193 Å². The third kappa shape index (κ3) is 15.4. The minimum absolute atomic E-state index is 0.0260. The van der Waals surface area contributed by atoms with Crippen LogP contribution in [0.1, 0.15) is 107 Å². The van der Waals surface area contributed by atoms with Crippen LogP contribution in [-0.4, -0.2) is 153 Å². The number of hydrogen-bond acceptors (Lipinski definition) is 18. The fraction of sp³-hybridized carbons (Fsp3) is 0.778. The summed E-state index contributed by atoms with van der Waals surface area (Å²) in [6.45, 7) is 14.4. The monoisotopic (exact) mass is 897 g/mol. The van der Waals surface area contributed by atoms with Crippen molar-refractivity contribution in [1.29, 1.82) is 0 Å². The molecule has 3 rings (SSSR count). The topological polar surface area (TPSA) is 218 Å². The zero-order valence-corrected chi connectivity index (χ0v) is 38.9. The van der Waals surface area contributed by atoms with Gasteiger partial charge in [-0.3, -0.25) is 24.0 Å². The second kappa shape index (κ2) is 25.1. The SMILES string of the molecule is CCC(=O)OC1CC(=O)O[C@H](C)C/C=C/C=C\C(OC(C)=O)[C@H](C)CC(CC=O)[C@H](O[C@@H]2O[C@H](C)[C@@H](O[C@H]3C[C@@](C)(OC(C)=O)[C@@H](OC(=O)CC)[C@H](C)O3)[C@H](N(C)C)[C@H]2O)[C@H]1OC. The van der Waals surface area contributed by atoms with Crippen molar-refractivity contribution < 1.29 is 81.2 Å². The number of rotatable bonds is 14. The van der Waals surface area contributed by atoms with E-state index in [1.165, 1.54) is 21.0 Å². The van der Waals surface area contributed by atoms with Gasteiger partial charge in [-0.2, -0.15) is 0 Å². The Bertz CT molecular complexity index is 1590. The van der Waals surface area contributed by atoms with Crippen LogP contribution in [0, 0.1) is 11.8 Å². The van der Waals surface area contributed by atoms with E-state index in [1.807, 2.05) is 6.92 Å². The first-order chi connectivity index (χ1) is 29.7. The highest BCUT2D eigenvalue weighted by Gasteiger charge is 2.54. The number of esters is 5. The molecular weight excluding hydrogens is 826 g/mol. The molecule has 3 aliphatic rings. The number of aliphatic hydroxyl groups is 1. The van der Waals surface area contributed by atoms with E-state index in [1.54, 1.807) is 84.8 Å². The molecule has 0 aromatic rings. The van der Waals surface area contributed by atoms with Gasteiger partial charge in [0.1, 0.15) is 42.9 Å². The number of aliphatic hydroxyl groups excluding tert-OH is 1. The molecule has 18 heteroatoms. The summed E-state index contributed by atoms with van der Waals surface area (Å²) in [5.41, 5.74) is -1.33. The van der Waals surface area contributed by atoms with Gasteiger partial charge in [0.25, 0.3) is 0 Å². The van der Waals surface area contributed by atoms with Gasteiger partial charge < -0.3 is 62.2 Å². The zero-order valence-electron chi connectivity index (χ0n) is 38.9. The number of likely N-dealkylation sites (N-methyl/N-ethyl adjacent to an activating group) is 1. The second-order valence-electron chi connectivity index (χ2n) is 17.1. The number of hydrogen-bond donors (Lipinski definition) is 1. The normalized spacial score (nSPS) is 38.1. The quantitative estimate of drug-likeness (QED) is 0.148. The first-order valence-corrected chi connectivity index (χ1v) is 21.9. The second-order valence-corrected chi connectivity index (χ2v) is 17.1. The van der Waals surface area contributed by atoms with Crippen molar-refractivity contribution in [2.24, 2.45) is 11.8 Å². The van der Waals surface area contributed by atoms with Gasteiger partial charge >= 0.3 is 29.8 Å². The maximum Gasteiger partial charge on any atom is 0.309 e. The maximum absolute atomic E-state index is 13.4. The number of carbonyl (C=O) groups is 6.